The first kappa shape index (κ1) is 18.0. The van der Waals surface area contributed by atoms with Crippen molar-refractivity contribution in [2.45, 2.75) is 4.90 Å². The highest BCUT2D eigenvalue weighted by molar-refractivity contribution is 7.89. The fraction of sp³-hybridized carbons (Fsp3) is 0.0714. The molecule has 0 unspecified atom stereocenters. The molecule has 0 spiro atoms. The van der Waals surface area contributed by atoms with Crippen molar-refractivity contribution in [1.82, 2.24) is 4.72 Å². The second kappa shape index (κ2) is 7.07. The molecule has 5 nitrogen and oxygen atoms in total. The van der Waals surface area contributed by atoms with Crippen LogP contribution >= 0.6 is 34.8 Å². The van der Waals surface area contributed by atoms with Crippen molar-refractivity contribution >= 4 is 56.4 Å². The first-order chi connectivity index (χ1) is 10.7. The average Bonchev–Trinajstić information content (AvgIpc) is 2.51. The Morgan fingerprint density at radius 1 is 0.957 bits per heavy atom. The number of hydrogen-bond acceptors (Lipinski definition) is 3. The number of carbonyl (C=O) groups is 1. The van der Waals surface area contributed by atoms with Crippen LogP contribution in [-0.4, -0.2) is 21.4 Å². The molecule has 0 bridgehead atoms. The minimum absolute atomic E-state index is 0.0189. The Bertz CT molecular complexity index is 870. The lowest BCUT2D eigenvalue weighted by Gasteiger charge is -2.09. The van der Waals surface area contributed by atoms with Crippen molar-refractivity contribution in [1.29, 1.82) is 0 Å². The largest absolute Gasteiger partial charge is 0.322 e. The minimum Gasteiger partial charge on any atom is -0.322 e. The van der Waals surface area contributed by atoms with Crippen molar-refractivity contribution in [2.75, 3.05) is 12.4 Å². The van der Waals surface area contributed by atoms with E-state index in [9.17, 15) is 13.2 Å². The first-order valence-corrected chi connectivity index (χ1v) is 8.86. The molecule has 2 aromatic rings. The summed E-state index contributed by atoms with van der Waals surface area (Å²) in [4.78, 5) is 12.1. The molecule has 0 radical (unpaired) electrons. The normalized spacial score (nSPS) is 11.3. The van der Waals surface area contributed by atoms with Crippen LogP contribution < -0.4 is 10.0 Å². The zero-order valence-corrected chi connectivity index (χ0v) is 14.8. The van der Waals surface area contributed by atoms with Crippen molar-refractivity contribution in [3.63, 3.8) is 0 Å². The van der Waals surface area contributed by atoms with Gasteiger partial charge in [0.25, 0.3) is 5.91 Å². The lowest BCUT2D eigenvalue weighted by Crippen LogP contribution is -2.20. The van der Waals surface area contributed by atoms with Crippen LogP contribution in [-0.2, 0) is 10.0 Å². The molecule has 0 aromatic heterocycles. The Hall–Kier alpha value is -1.31. The Kier molecular flexibility index (Phi) is 5.54. The number of anilines is 1. The van der Waals surface area contributed by atoms with Gasteiger partial charge in [-0.05, 0) is 43.4 Å². The third-order valence-corrected chi connectivity index (χ3v) is 5.56. The average molecular weight is 394 g/mol. The van der Waals surface area contributed by atoms with Crippen LogP contribution in [0, 0.1) is 0 Å². The smallest absolute Gasteiger partial charge is 0.255 e. The Labute approximate surface area is 148 Å². The molecule has 2 rings (SSSR count). The van der Waals surface area contributed by atoms with E-state index >= 15 is 0 Å². The number of benzene rings is 2. The van der Waals surface area contributed by atoms with Gasteiger partial charge in [0.1, 0.15) is 4.90 Å². The van der Waals surface area contributed by atoms with E-state index in [1.54, 1.807) is 6.07 Å². The second-order valence-electron chi connectivity index (χ2n) is 4.44. The Morgan fingerprint density at radius 2 is 1.61 bits per heavy atom. The molecule has 0 atom stereocenters. The predicted octanol–water partition coefficient (Wildman–Crippen LogP) is 3.81. The fourth-order valence-corrected chi connectivity index (χ4v) is 3.28. The third kappa shape index (κ3) is 4.16. The molecule has 0 heterocycles. The van der Waals surface area contributed by atoms with Gasteiger partial charge in [-0.1, -0.05) is 34.8 Å². The van der Waals surface area contributed by atoms with Gasteiger partial charge in [0, 0.05) is 11.3 Å². The third-order valence-electron chi connectivity index (χ3n) is 2.93. The summed E-state index contributed by atoms with van der Waals surface area (Å²) in [6.45, 7) is 0. The number of hydrogen-bond donors (Lipinski definition) is 2. The van der Waals surface area contributed by atoms with Crippen LogP contribution in [0.4, 0.5) is 5.69 Å². The topological polar surface area (TPSA) is 75.3 Å². The number of amides is 1. The maximum absolute atomic E-state index is 12.2. The second-order valence-corrected chi connectivity index (χ2v) is 7.51. The Balaban J connectivity index is 2.33. The molecule has 2 aromatic carbocycles. The van der Waals surface area contributed by atoms with Crippen molar-refractivity contribution < 1.29 is 13.2 Å². The van der Waals surface area contributed by atoms with Crippen molar-refractivity contribution in [2.24, 2.45) is 0 Å². The van der Waals surface area contributed by atoms with Gasteiger partial charge in [-0.25, -0.2) is 13.1 Å². The van der Waals surface area contributed by atoms with Gasteiger partial charge in [-0.3, -0.25) is 4.79 Å². The van der Waals surface area contributed by atoms with Crippen LogP contribution in [0.5, 0.6) is 0 Å². The summed E-state index contributed by atoms with van der Waals surface area (Å²) in [5, 5.41) is 3.27. The van der Waals surface area contributed by atoms with Gasteiger partial charge in [-0.15, -0.1) is 0 Å². The highest BCUT2D eigenvalue weighted by Crippen LogP contribution is 2.26. The van der Waals surface area contributed by atoms with Gasteiger partial charge in [0.2, 0.25) is 10.0 Å². The number of halogens is 3. The van der Waals surface area contributed by atoms with E-state index in [2.05, 4.69) is 10.0 Å². The van der Waals surface area contributed by atoms with Crippen LogP contribution in [0.15, 0.2) is 41.3 Å². The SMILES string of the molecule is CNS(=O)(=O)c1cc(C(=O)Nc2ccc(Cl)c(Cl)c2)ccc1Cl. The molecule has 9 heteroatoms. The molecule has 1 amide bonds. The minimum atomic E-state index is -3.77. The van der Waals surface area contributed by atoms with Crippen LogP contribution in [0.25, 0.3) is 0 Å². The van der Waals surface area contributed by atoms with Gasteiger partial charge in [-0.2, -0.15) is 0 Å². The summed E-state index contributed by atoms with van der Waals surface area (Å²) in [5.74, 6) is -0.507. The maximum atomic E-state index is 12.2. The highest BCUT2D eigenvalue weighted by Gasteiger charge is 2.18. The summed E-state index contributed by atoms with van der Waals surface area (Å²) in [7, 11) is -2.51. The molecule has 122 valence electrons. The predicted molar refractivity (Wildman–Crippen MR) is 92.1 cm³/mol. The van der Waals surface area contributed by atoms with Gasteiger partial charge >= 0.3 is 0 Å². The first-order valence-electron chi connectivity index (χ1n) is 6.24. The maximum Gasteiger partial charge on any atom is 0.255 e. The molecule has 0 aliphatic heterocycles. The van der Waals surface area contributed by atoms with Crippen LogP contribution in [0.1, 0.15) is 10.4 Å². The van der Waals surface area contributed by atoms with Gasteiger partial charge in [0.05, 0.1) is 15.1 Å². The Morgan fingerprint density at radius 3 is 2.22 bits per heavy atom. The number of nitrogens with one attached hydrogen (secondary N) is 2. The summed E-state index contributed by atoms with van der Waals surface area (Å²) in [6.07, 6.45) is 0. The quantitative estimate of drug-likeness (QED) is 0.829. The molecule has 0 saturated heterocycles. The number of carbonyl (C=O) groups excluding carboxylic acids is 1. The van der Waals surface area contributed by atoms with E-state index in [0.29, 0.717) is 15.7 Å². The number of rotatable bonds is 4. The molecule has 0 fully saturated rings. The summed E-state index contributed by atoms with van der Waals surface area (Å²) in [6, 6.07) is 8.56. The molecular weight excluding hydrogens is 383 g/mol. The van der Waals surface area contributed by atoms with Gasteiger partial charge in [0.15, 0.2) is 0 Å². The molecular formula is C14H11Cl3N2O3S. The standard InChI is InChI=1S/C14H11Cl3N2O3S/c1-18-23(21,22)13-6-8(2-4-11(13)16)14(20)19-9-3-5-10(15)12(17)7-9/h2-7,18H,1H3,(H,19,20). The van der Waals surface area contributed by atoms with E-state index in [-0.39, 0.29) is 15.5 Å². The van der Waals surface area contributed by atoms with E-state index in [4.69, 9.17) is 34.8 Å². The van der Waals surface area contributed by atoms with Crippen LogP contribution in [0.3, 0.4) is 0 Å². The number of sulfonamides is 1. The molecule has 0 aliphatic rings. The summed E-state index contributed by atoms with van der Waals surface area (Å²) < 4.78 is 25.9. The fourth-order valence-electron chi connectivity index (χ4n) is 1.74. The van der Waals surface area contributed by atoms with E-state index in [1.807, 2.05) is 0 Å². The van der Waals surface area contributed by atoms with Crippen molar-refractivity contribution in [3.8, 4) is 0 Å². The summed E-state index contributed by atoms with van der Waals surface area (Å²) in [5.41, 5.74) is 0.562. The molecule has 23 heavy (non-hydrogen) atoms. The van der Waals surface area contributed by atoms with E-state index < -0.39 is 15.9 Å². The zero-order valence-electron chi connectivity index (χ0n) is 11.7. The zero-order chi connectivity index (χ0) is 17.2. The van der Waals surface area contributed by atoms with E-state index in [1.165, 1.54) is 37.4 Å². The summed E-state index contributed by atoms with van der Waals surface area (Å²) >= 11 is 17.6. The lowest BCUT2D eigenvalue weighted by molar-refractivity contribution is 0.102. The highest BCUT2D eigenvalue weighted by atomic mass is 35.5. The lowest BCUT2D eigenvalue weighted by atomic mass is 10.2. The molecule has 0 aliphatic carbocycles. The molecule has 2 N–H and O–H groups in total. The monoisotopic (exact) mass is 392 g/mol. The van der Waals surface area contributed by atoms with Crippen molar-refractivity contribution in [3.05, 3.63) is 57.0 Å². The molecule has 0 saturated carbocycles. The van der Waals surface area contributed by atoms with Gasteiger partial charge < -0.3 is 5.32 Å². The van der Waals surface area contributed by atoms with Crippen LogP contribution in [0.2, 0.25) is 15.1 Å². The van der Waals surface area contributed by atoms with E-state index in [0.717, 1.165) is 0 Å².